The first-order valence-corrected chi connectivity index (χ1v) is 5.79. The van der Waals surface area contributed by atoms with Crippen LogP contribution in [0.1, 0.15) is 33.6 Å². The van der Waals surface area contributed by atoms with Crippen molar-refractivity contribution in [3.05, 3.63) is 0 Å². The maximum Gasteiger partial charge on any atom is 0.0125 e. The minimum atomic E-state index is 0.352. The van der Waals surface area contributed by atoms with Gasteiger partial charge in [0.2, 0.25) is 0 Å². The molecule has 14 heavy (non-hydrogen) atoms. The topological polar surface area (TPSA) is 6.48 Å². The zero-order chi connectivity index (χ0) is 10.8. The summed E-state index contributed by atoms with van der Waals surface area (Å²) in [5.74, 6) is 0.873. The van der Waals surface area contributed by atoms with Crippen molar-refractivity contribution >= 4 is 0 Å². The Morgan fingerprint density at radius 3 is 2.43 bits per heavy atom. The SMILES string of the molecule is CN(C)C[C@H]1CCCN(C(C)(C)C)C1. The second-order valence-corrected chi connectivity index (χ2v) is 5.89. The average molecular weight is 198 g/mol. The van der Waals surface area contributed by atoms with Gasteiger partial charge in [-0.15, -0.1) is 0 Å². The van der Waals surface area contributed by atoms with Crippen LogP contribution in [0.15, 0.2) is 0 Å². The molecule has 0 unspecified atom stereocenters. The van der Waals surface area contributed by atoms with Crippen LogP contribution in [0.3, 0.4) is 0 Å². The molecular formula is C12H26N2. The summed E-state index contributed by atoms with van der Waals surface area (Å²) in [4.78, 5) is 4.95. The predicted octanol–water partition coefficient (Wildman–Crippen LogP) is 2.06. The molecule has 0 aliphatic carbocycles. The molecule has 0 radical (unpaired) electrons. The first-order valence-electron chi connectivity index (χ1n) is 5.79. The van der Waals surface area contributed by atoms with Crippen molar-refractivity contribution in [2.24, 2.45) is 5.92 Å². The van der Waals surface area contributed by atoms with Gasteiger partial charge in [0.05, 0.1) is 0 Å². The lowest BCUT2D eigenvalue weighted by Crippen LogP contribution is -2.48. The fourth-order valence-electron chi connectivity index (χ4n) is 2.34. The van der Waals surface area contributed by atoms with Crippen LogP contribution in [0.4, 0.5) is 0 Å². The molecule has 1 rings (SSSR count). The number of hydrogen-bond acceptors (Lipinski definition) is 2. The Morgan fingerprint density at radius 2 is 1.93 bits per heavy atom. The Hall–Kier alpha value is -0.0800. The lowest BCUT2D eigenvalue weighted by Gasteiger charge is -2.42. The van der Waals surface area contributed by atoms with Gasteiger partial charge in [-0.25, -0.2) is 0 Å². The lowest BCUT2D eigenvalue weighted by atomic mass is 9.93. The Labute approximate surface area is 89.3 Å². The van der Waals surface area contributed by atoms with Gasteiger partial charge in [-0.3, -0.25) is 4.90 Å². The number of likely N-dealkylation sites (tertiary alicyclic amines) is 1. The summed E-state index contributed by atoms with van der Waals surface area (Å²) >= 11 is 0. The van der Waals surface area contributed by atoms with E-state index in [1.54, 1.807) is 0 Å². The van der Waals surface area contributed by atoms with E-state index < -0.39 is 0 Å². The van der Waals surface area contributed by atoms with Gasteiger partial charge >= 0.3 is 0 Å². The highest BCUT2D eigenvalue weighted by atomic mass is 15.2. The van der Waals surface area contributed by atoms with E-state index in [2.05, 4.69) is 44.7 Å². The molecule has 1 atom stereocenters. The first-order chi connectivity index (χ1) is 6.39. The van der Waals surface area contributed by atoms with E-state index >= 15 is 0 Å². The van der Waals surface area contributed by atoms with E-state index in [9.17, 15) is 0 Å². The Morgan fingerprint density at radius 1 is 1.29 bits per heavy atom. The predicted molar refractivity (Wildman–Crippen MR) is 62.6 cm³/mol. The molecule has 0 aromatic rings. The standard InChI is InChI=1S/C12H26N2/c1-12(2,3)14-8-6-7-11(10-14)9-13(4)5/h11H,6-10H2,1-5H3/t11-/m1/s1. The lowest BCUT2D eigenvalue weighted by molar-refractivity contribution is 0.0699. The van der Waals surface area contributed by atoms with Gasteiger partial charge in [0, 0.05) is 18.6 Å². The highest BCUT2D eigenvalue weighted by Gasteiger charge is 2.27. The molecule has 1 heterocycles. The molecule has 1 fully saturated rings. The van der Waals surface area contributed by atoms with E-state index in [1.807, 2.05) is 0 Å². The van der Waals surface area contributed by atoms with Crippen LogP contribution in [0, 0.1) is 5.92 Å². The van der Waals surface area contributed by atoms with Crippen molar-refractivity contribution in [1.29, 1.82) is 0 Å². The monoisotopic (exact) mass is 198 g/mol. The van der Waals surface area contributed by atoms with Gasteiger partial charge in [0.25, 0.3) is 0 Å². The summed E-state index contributed by atoms with van der Waals surface area (Å²) in [6.07, 6.45) is 2.78. The molecule has 0 aromatic heterocycles. The van der Waals surface area contributed by atoms with Gasteiger partial charge < -0.3 is 4.90 Å². The van der Waals surface area contributed by atoms with E-state index in [1.165, 1.54) is 32.5 Å². The Balaban J connectivity index is 2.44. The fourth-order valence-corrected chi connectivity index (χ4v) is 2.34. The molecule has 0 N–H and O–H groups in total. The third kappa shape index (κ3) is 3.58. The highest BCUT2D eigenvalue weighted by Crippen LogP contribution is 2.23. The van der Waals surface area contributed by atoms with Crippen LogP contribution in [0.25, 0.3) is 0 Å². The number of piperidine rings is 1. The largest absolute Gasteiger partial charge is 0.309 e. The first kappa shape index (κ1) is 12.0. The van der Waals surface area contributed by atoms with Crippen molar-refractivity contribution in [3.63, 3.8) is 0 Å². The number of nitrogens with zero attached hydrogens (tertiary/aromatic N) is 2. The molecule has 0 saturated carbocycles. The summed E-state index contributed by atoms with van der Waals surface area (Å²) in [5.41, 5.74) is 0.352. The summed E-state index contributed by atoms with van der Waals surface area (Å²) in [6.45, 7) is 10.8. The van der Waals surface area contributed by atoms with Gasteiger partial charge in [0.1, 0.15) is 0 Å². The number of hydrogen-bond donors (Lipinski definition) is 0. The van der Waals surface area contributed by atoms with Crippen molar-refractivity contribution < 1.29 is 0 Å². The van der Waals surface area contributed by atoms with E-state index in [-0.39, 0.29) is 0 Å². The molecule has 1 aliphatic heterocycles. The molecule has 84 valence electrons. The Bertz CT molecular complexity index is 170. The third-order valence-corrected chi connectivity index (χ3v) is 3.09. The van der Waals surface area contributed by atoms with Crippen LogP contribution in [0.5, 0.6) is 0 Å². The normalized spacial score (nSPS) is 25.7. The zero-order valence-corrected chi connectivity index (χ0v) is 10.5. The van der Waals surface area contributed by atoms with Crippen LogP contribution >= 0.6 is 0 Å². The molecule has 2 nitrogen and oxygen atoms in total. The van der Waals surface area contributed by atoms with Crippen molar-refractivity contribution in [2.45, 2.75) is 39.2 Å². The quantitative estimate of drug-likeness (QED) is 0.670. The smallest absolute Gasteiger partial charge is 0.0125 e. The maximum atomic E-state index is 2.63. The maximum absolute atomic E-state index is 2.63. The molecule has 0 spiro atoms. The van der Waals surface area contributed by atoms with Crippen LogP contribution < -0.4 is 0 Å². The van der Waals surface area contributed by atoms with Gasteiger partial charge in [0.15, 0.2) is 0 Å². The summed E-state index contributed by atoms with van der Waals surface area (Å²) in [6, 6.07) is 0. The summed E-state index contributed by atoms with van der Waals surface area (Å²) in [7, 11) is 4.35. The van der Waals surface area contributed by atoms with Gasteiger partial charge in [-0.1, -0.05) is 0 Å². The molecule has 0 aromatic carbocycles. The average Bonchev–Trinajstić information content (AvgIpc) is 2.01. The molecule has 0 bridgehead atoms. The van der Waals surface area contributed by atoms with E-state index in [0.29, 0.717) is 5.54 Å². The molecular weight excluding hydrogens is 172 g/mol. The highest BCUT2D eigenvalue weighted by molar-refractivity contribution is 4.83. The molecule has 1 saturated heterocycles. The summed E-state index contributed by atoms with van der Waals surface area (Å²) < 4.78 is 0. The minimum absolute atomic E-state index is 0.352. The van der Waals surface area contributed by atoms with Crippen molar-refractivity contribution in [2.75, 3.05) is 33.7 Å². The van der Waals surface area contributed by atoms with Crippen molar-refractivity contribution in [1.82, 2.24) is 9.80 Å². The number of rotatable bonds is 2. The van der Waals surface area contributed by atoms with Crippen LogP contribution in [-0.2, 0) is 0 Å². The van der Waals surface area contributed by atoms with E-state index in [4.69, 9.17) is 0 Å². The Kier molecular flexibility index (Phi) is 3.96. The van der Waals surface area contributed by atoms with Crippen LogP contribution in [0.2, 0.25) is 0 Å². The van der Waals surface area contributed by atoms with E-state index in [0.717, 1.165) is 5.92 Å². The zero-order valence-electron chi connectivity index (χ0n) is 10.5. The minimum Gasteiger partial charge on any atom is -0.309 e. The van der Waals surface area contributed by atoms with Crippen molar-refractivity contribution in [3.8, 4) is 0 Å². The molecule has 1 aliphatic rings. The summed E-state index contributed by atoms with van der Waals surface area (Å²) in [5, 5.41) is 0. The van der Waals surface area contributed by atoms with Gasteiger partial charge in [-0.05, 0) is 60.2 Å². The molecule has 2 heteroatoms. The van der Waals surface area contributed by atoms with Gasteiger partial charge in [-0.2, -0.15) is 0 Å². The molecule has 0 amide bonds. The van der Waals surface area contributed by atoms with Crippen LogP contribution in [-0.4, -0.2) is 49.1 Å². The fraction of sp³-hybridized carbons (Fsp3) is 1.00. The second kappa shape index (κ2) is 4.63. The second-order valence-electron chi connectivity index (χ2n) is 5.89. The third-order valence-electron chi connectivity index (χ3n) is 3.09.